The first-order valence-corrected chi connectivity index (χ1v) is 8.88. The summed E-state index contributed by atoms with van der Waals surface area (Å²) in [6.07, 6.45) is 0. The zero-order valence-electron chi connectivity index (χ0n) is 16.3. The average molecular weight is 383 g/mol. The Hall–Kier alpha value is -3.35. The summed E-state index contributed by atoms with van der Waals surface area (Å²) >= 11 is 0. The molecule has 7 nitrogen and oxygen atoms in total. The van der Waals surface area contributed by atoms with E-state index in [4.69, 9.17) is 4.74 Å². The topological polar surface area (TPSA) is 87.7 Å². The van der Waals surface area contributed by atoms with Crippen molar-refractivity contribution >= 4 is 23.5 Å². The van der Waals surface area contributed by atoms with Gasteiger partial charge in [-0.2, -0.15) is 0 Å². The number of carbonyl (C=O) groups excluding carboxylic acids is 3. The summed E-state index contributed by atoms with van der Waals surface area (Å²) in [7, 11) is 3.92. The molecule has 2 amide bonds. The minimum atomic E-state index is -0.573. The fraction of sp³-hybridized carbons (Fsp3) is 0.286. The summed E-state index contributed by atoms with van der Waals surface area (Å²) < 4.78 is 5.04. The predicted molar refractivity (Wildman–Crippen MR) is 107 cm³/mol. The number of nitrogens with zero attached hydrogens (tertiary/aromatic N) is 1. The summed E-state index contributed by atoms with van der Waals surface area (Å²) in [5.41, 5.74) is 3.25. The highest BCUT2D eigenvalue weighted by Gasteiger charge is 2.10. The highest BCUT2D eigenvalue weighted by molar-refractivity contribution is 5.91. The van der Waals surface area contributed by atoms with E-state index in [0.717, 1.165) is 16.8 Å². The van der Waals surface area contributed by atoms with Crippen LogP contribution in [0.5, 0.6) is 0 Å². The Labute approximate surface area is 164 Å². The number of benzene rings is 2. The molecule has 0 aliphatic carbocycles. The number of hydrogen-bond donors (Lipinski definition) is 2. The summed E-state index contributed by atoms with van der Waals surface area (Å²) in [5, 5.41) is 5.40. The van der Waals surface area contributed by atoms with Gasteiger partial charge in [-0.3, -0.25) is 9.59 Å². The first kappa shape index (κ1) is 21.0. The van der Waals surface area contributed by atoms with Crippen molar-refractivity contribution in [1.29, 1.82) is 0 Å². The Morgan fingerprint density at radius 2 is 1.39 bits per heavy atom. The second-order valence-corrected chi connectivity index (χ2v) is 6.52. The van der Waals surface area contributed by atoms with Gasteiger partial charge < -0.3 is 20.3 Å². The second-order valence-electron chi connectivity index (χ2n) is 6.52. The summed E-state index contributed by atoms with van der Waals surface area (Å²) in [5.74, 6) is -1.06. The molecule has 0 saturated heterocycles. The molecule has 2 rings (SSSR count). The molecule has 0 saturated carbocycles. The number of ether oxygens (including phenoxy) is 1. The molecular weight excluding hydrogens is 358 g/mol. The molecule has 0 unspecified atom stereocenters. The lowest BCUT2D eigenvalue weighted by Gasteiger charge is -2.13. The van der Waals surface area contributed by atoms with Crippen LogP contribution in [0.3, 0.4) is 0 Å². The van der Waals surface area contributed by atoms with Gasteiger partial charge in [0, 0.05) is 39.8 Å². The van der Waals surface area contributed by atoms with E-state index in [1.54, 1.807) is 24.3 Å². The molecule has 148 valence electrons. The maximum atomic E-state index is 12.0. The number of rotatable bonds is 8. The van der Waals surface area contributed by atoms with Gasteiger partial charge in [-0.15, -0.1) is 0 Å². The van der Waals surface area contributed by atoms with Crippen LogP contribution in [0.4, 0.5) is 5.69 Å². The molecule has 0 fully saturated rings. The molecule has 2 aromatic rings. The third-order valence-corrected chi connectivity index (χ3v) is 4.01. The lowest BCUT2D eigenvalue weighted by molar-refractivity contribution is -0.124. The predicted octanol–water partition coefficient (Wildman–Crippen LogP) is 1.86. The molecule has 28 heavy (non-hydrogen) atoms. The Kier molecular flexibility index (Phi) is 7.56. The van der Waals surface area contributed by atoms with E-state index < -0.39 is 5.97 Å². The summed E-state index contributed by atoms with van der Waals surface area (Å²) in [4.78, 5) is 36.8. The van der Waals surface area contributed by atoms with Crippen molar-refractivity contribution in [2.75, 3.05) is 25.6 Å². The van der Waals surface area contributed by atoms with Crippen LogP contribution in [-0.2, 0) is 27.4 Å². The summed E-state index contributed by atoms with van der Waals surface area (Å²) in [6, 6.07) is 14.5. The van der Waals surface area contributed by atoms with Gasteiger partial charge in [-0.25, -0.2) is 4.79 Å². The van der Waals surface area contributed by atoms with E-state index in [1.165, 1.54) is 6.92 Å². The minimum Gasteiger partial charge on any atom is -0.452 e. The molecule has 0 aliphatic heterocycles. The second kappa shape index (κ2) is 10.1. The van der Waals surface area contributed by atoms with Crippen LogP contribution in [0.15, 0.2) is 48.5 Å². The number of hydrogen-bond acceptors (Lipinski definition) is 5. The van der Waals surface area contributed by atoms with Crippen LogP contribution in [0.2, 0.25) is 0 Å². The Morgan fingerprint density at radius 1 is 0.857 bits per heavy atom. The standard InChI is InChI=1S/C21H25N3O4/c1-15(25)22-12-16-4-8-18(9-5-16)21(27)28-14-20(26)23-13-17-6-10-19(11-7-17)24(2)3/h4-11H,12-14H2,1-3H3,(H,22,25)(H,23,26). The maximum Gasteiger partial charge on any atom is 0.338 e. The molecule has 0 heterocycles. The number of nitrogens with one attached hydrogen (secondary N) is 2. The molecule has 2 aromatic carbocycles. The third-order valence-electron chi connectivity index (χ3n) is 4.01. The molecule has 2 N–H and O–H groups in total. The van der Waals surface area contributed by atoms with Crippen LogP contribution < -0.4 is 15.5 Å². The fourth-order valence-corrected chi connectivity index (χ4v) is 2.36. The number of esters is 1. The minimum absolute atomic E-state index is 0.122. The number of carbonyl (C=O) groups is 3. The van der Waals surface area contributed by atoms with Gasteiger partial charge in [0.2, 0.25) is 5.91 Å². The molecule has 7 heteroatoms. The fourth-order valence-electron chi connectivity index (χ4n) is 2.36. The van der Waals surface area contributed by atoms with Crippen molar-refractivity contribution in [3.05, 3.63) is 65.2 Å². The Balaban J connectivity index is 1.75. The summed E-state index contributed by atoms with van der Waals surface area (Å²) in [6.45, 7) is 1.85. The lowest BCUT2D eigenvalue weighted by Crippen LogP contribution is -2.28. The van der Waals surface area contributed by atoms with Gasteiger partial charge in [-0.05, 0) is 35.4 Å². The van der Waals surface area contributed by atoms with Gasteiger partial charge in [-0.1, -0.05) is 24.3 Å². The van der Waals surface area contributed by atoms with Gasteiger partial charge in [0.15, 0.2) is 6.61 Å². The highest BCUT2D eigenvalue weighted by Crippen LogP contribution is 2.12. The van der Waals surface area contributed by atoms with Gasteiger partial charge in [0.25, 0.3) is 5.91 Å². The number of anilines is 1. The Morgan fingerprint density at radius 3 is 1.93 bits per heavy atom. The largest absolute Gasteiger partial charge is 0.452 e. The lowest BCUT2D eigenvalue weighted by atomic mass is 10.1. The first-order chi connectivity index (χ1) is 13.3. The van der Waals surface area contributed by atoms with E-state index >= 15 is 0 Å². The normalized spacial score (nSPS) is 10.1. The van der Waals surface area contributed by atoms with Crippen LogP contribution in [0.1, 0.15) is 28.4 Å². The van der Waals surface area contributed by atoms with Crippen LogP contribution in [-0.4, -0.2) is 38.5 Å². The first-order valence-electron chi connectivity index (χ1n) is 8.88. The molecule has 0 aromatic heterocycles. The zero-order chi connectivity index (χ0) is 20.5. The van der Waals surface area contributed by atoms with Crippen LogP contribution in [0.25, 0.3) is 0 Å². The van der Waals surface area contributed by atoms with E-state index in [0.29, 0.717) is 18.7 Å². The van der Waals surface area contributed by atoms with Gasteiger partial charge >= 0.3 is 5.97 Å². The smallest absolute Gasteiger partial charge is 0.338 e. The van der Waals surface area contributed by atoms with E-state index in [2.05, 4.69) is 10.6 Å². The molecule has 0 aliphatic rings. The van der Waals surface area contributed by atoms with Crippen molar-refractivity contribution in [3.63, 3.8) is 0 Å². The third kappa shape index (κ3) is 6.75. The van der Waals surface area contributed by atoms with Gasteiger partial charge in [0.1, 0.15) is 0 Å². The SMILES string of the molecule is CC(=O)NCc1ccc(C(=O)OCC(=O)NCc2ccc(N(C)C)cc2)cc1. The highest BCUT2D eigenvalue weighted by atomic mass is 16.5. The van der Waals surface area contributed by atoms with E-state index in [-0.39, 0.29) is 18.4 Å². The number of amides is 2. The van der Waals surface area contributed by atoms with Crippen molar-refractivity contribution in [2.45, 2.75) is 20.0 Å². The van der Waals surface area contributed by atoms with E-state index in [1.807, 2.05) is 43.3 Å². The maximum absolute atomic E-state index is 12.0. The molecular formula is C21H25N3O4. The van der Waals surface area contributed by atoms with E-state index in [9.17, 15) is 14.4 Å². The Bertz CT molecular complexity index is 815. The quantitative estimate of drug-likeness (QED) is 0.680. The van der Waals surface area contributed by atoms with Crippen LogP contribution in [0, 0.1) is 0 Å². The van der Waals surface area contributed by atoms with Crippen molar-refractivity contribution in [3.8, 4) is 0 Å². The van der Waals surface area contributed by atoms with Gasteiger partial charge in [0.05, 0.1) is 5.56 Å². The molecule has 0 bridgehead atoms. The molecule has 0 atom stereocenters. The zero-order valence-corrected chi connectivity index (χ0v) is 16.3. The van der Waals surface area contributed by atoms with Crippen molar-refractivity contribution in [2.24, 2.45) is 0 Å². The van der Waals surface area contributed by atoms with Crippen molar-refractivity contribution < 1.29 is 19.1 Å². The monoisotopic (exact) mass is 383 g/mol. The molecule has 0 spiro atoms. The van der Waals surface area contributed by atoms with Crippen LogP contribution >= 0.6 is 0 Å². The van der Waals surface area contributed by atoms with Crippen molar-refractivity contribution in [1.82, 2.24) is 10.6 Å². The molecule has 0 radical (unpaired) electrons. The average Bonchev–Trinajstić information content (AvgIpc) is 2.69.